The van der Waals surface area contributed by atoms with Crippen molar-refractivity contribution in [2.24, 2.45) is 0 Å². The van der Waals surface area contributed by atoms with Gasteiger partial charge in [0.1, 0.15) is 0 Å². The molecule has 0 heterocycles. The van der Waals surface area contributed by atoms with Crippen molar-refractivity contribution in [1.29, 1.82) is 0 Å². The monoisotopic (exact) mass is 1120 g/mol. The van der Waals surface area contributed by atoms with E-state index < -0.39 is 0 Å². The van der Waals surface area contributed by atoms with Crippen LogP contribution >= 0.6 is 0 Å². The Morgan fingerprint density at radius 3 is 0.0455 bits per heavy atom. The zero-order valence-electron chi connectivity index (χ0n) is 9.84. The van der Waals surface area contributed by atoms with Gasteiger partial charge in [0.25, 0.3) is 0 Å². The van der Waals surface area contributed by atoms with Gasteiger partial charge in [0, 0.05) is 408 Å². The standard InChI is InChI=1S/22V. The molecule has 110 valence electrons. The van der Waals surface area contributed by atoms with Gasteiger partial charge in [-0.25, -0.2) is 0 Å². The molecule has 0 aliphatic rings. The Morgan fingerprint density at radius 1 is 0.0455 bits per heavy atom. The Kier molecular flexibility index (Phi) is 2430. The van der Waals surface area contributed by atoms with Gasteiger partial charge < -0.3 is 0 Å². The summed E-state index contributed by atoms with van der Waals surface area (Å²) >= 11 is 0. The van der Waals surface area contributed by atoms with Gasteiger partial charge in [0.05, 0.1) is 0 Å². The molecule has 0 aromatic heterocycles. The van der Waals surface area contributed by atoms with Crippen molar-refractivity contribution >= 4 is 0 Å². The number of hydrogen-bond donors (Lipinski definition) is 0. The maximum Gasteiger partial charge on any atom is 0 e. The van der Waals surface area contributed by atoms with E-state index in [0.717, 1.165) is 0 Å². The van der Waals surface area contributed by atoms with Crippen molar-refractivity contribution in [2.45, 2.75) is 0 Å². The van der Waals surface area contributed by atoms with Crippen LogP contribution in [0.15, 0.2) is 0 Å². The van der Waals surface area contributed by atoms with Crippen LogP contribution in [0.1, 0.15) is 0 Å². The fourth-order valence-electron chi connectivity index (χ4n) is 0. The van der Waals surface area contributed by atoms with Crippen LogP contribution in [0.25, 0.3) is 0 Å². The number of hydrogen-bond acceptors (Lipinski definition) is 0. The summed E-state index contributed by atoms with van der Waals surface area (Å²) in [6.45, 7) is 0. The third kappa shape index (κ3) is 202. The predicted octanol–water partition coefficient (Wildman–Crippen LogP) is -0.0550. The molecule has 0 aromatic rings. The minimum Gasteiger partial charge on any atom is 0 e. The Hall–Kier alpha value is 12.9. The van der Waals surface area contributed by atoms with Gasteiger partial charge in [-0.3, -0.25) is 0 Å². The minimum absolute atomic E-state index is 0. The van der Waals surface area contributed by atoms with Crippen molar-refractivity contribution in [2.75, 3.05) is 0 Å². The van der Waals surface area contributed by atoms with Crippen LogP contribution in [-0.4, -0.2) is 0 Å². The summed E-state index contributed by atoms with van der Waals surface area (Å²) in [6, 6.07) is 0. The summed E-state index contributed by atoms with van der Waals surface area (Å²) in [5.74, 6) is 0. The maximum absolute atomic E-state index is 0. The molecule has 0 rings (SSSR count). The van der Waals surface area contributed by atoms with Crippen LogP contribution in [0, 0.1) is 0 Å². The zero-order valence-corrected chi connectivity index (χ0v) is 40.6. The van der Waals surface area contributed by atoms with Crippen molar-refractivity contribution in [1.82, 2.24) is 0 Å². The normalized spacial score (nSPS) is 0. The fraction of sp³-hybridized carbons (Fsp3) is 0. The van der Waals surface area contributed by atoms with Gasteiger partial charge in [-0.1, -0.05) is 0 Å². The smallest absolute Gasteiger partial charge is 0 e. The quantitative estimate of drug-likeness (QED) is 0.320. The molecule has 0 fully saturated rings. The Morgan fingerprint density at radius 2 is 0.0455 bits per heavy atom. The van der Waals surface area contributed by atoms with Crippen molar-refractivity contribution < 1.29 is 408 Å². The van der Waals surface area contributed by atoms with E-state index in [0.29, 0.717) is 0 Å². The molecule has 0 N–H and O–H groups in total. The fourth-order valence-corrected chi connectivity index (χ4v) is 0. The first-order chi connectivity index (χ1) is 0. The molecule has 0 saturated heterocycles. The van der Waals surface area contributed by atoms with Crippen molar-refractivity contribution in [3.63, 3.8) is 0 Å². The first kappa shape index (κ1) is 242. The van der Waals surface area contributed by atoms with Gasteiger partial charge in [-0.05, 0) is 0 Å². The molecule has 0 atom stereocenters. The van der Waals surface area contributed by atoms with Crippen molar-refractivity contribution in [3.8, 4) is 0 Å². The molecular formula is V22. The SMILES string of the molecule is [V].[V].[V].[V].[V].[V].[V].[V].[V].[V].[V].[V].[V].[V].[V].[V].[V].[V].[V].[V].[V].[V]. The third-order valence-electron chi connectivity index (χ3n) is 0. The summed E-state index contributed by atoms with van der Waals surface area (Å²) in [5, 5.41) is 0. The topological polar surface area (TPSA) is 0 Å². The second-order valence-electron chi connectivity index (χ2n) is 0. The van der Waals surface area contributed by atoms with Crippen LogP contribution in [0.4, 0.5) is 0 Å². The average Bonchev–Trinajstić information content (AvgIpc) is 0. The molecule has 0 bridgehead atoms. The van der Waals surface area contributed by atoms with E-state index in [4.69, 9.17) is 0 Å². The molecule has 0 spiro atoms. The van der Waals surface area contributed by atoms with E-state index in [-0.39, 0.29) is 408 Å². The third-order valence-corrected chi connectivity index (χ3v) is 0. The molecule has 22 radical (unpaired) electrons. The van der Waals surface area contributed by atoms with Crippen LogP contribution < -0.4 is 0 Å². The molecule has 0 saturated carbocycles. The number of rotatable bonds is 0. The van der Waals surface area contributed by atoms with E-state index in [1.165, 1.54) is 0 Å². The van der Waals surface area contributed by atoms with E-state index in [2.05, 4.69) is 0 Å². The summed E-state index contributed by atoms with van der Waals surface area (Å²) in [6.07, 6.45) is 0. The van der Waals surface area contributed by atoms with Crippen LogP contribution in [0.5, 0.6) is 0 Å². The average molecular weight is 1120 g/mol. The second kappa shape index (κ2) is 221. The Labute approximate surface area is 398 Å². The van der Waals surface area contributed by atoms with E-state index in [1.807, 2.05) is 0 Å². The molecule has 0 aromatic carbocycles. The first-order valence-electron chi connectivity index (χ1n) is 0. The molecule has 22 heavy (non-hydrogen) atoms. The molecular weight excluding hydrogens is 1120 g/mol. The summed E-state index contributed by atoms with van der Waals surface area (Å²) in [4.78, 5) is 0. The largest absolute Gasteiger partial charge is 0 e. The molecule has 0 amide bonds. The Bertz CT molecular complexity index is 0. The minimum atomic E-state index is 0. The molecule has 0 aliphatic heterocycles. The molecule has 22 heteroatoms. The van der Waals surface area contributed by atoms with Crippen LogP contribution in [0.2, 0.25) is 0 Å². The van der Waals surface area contributed by atoms with Gasteiger partial charge in [0.15, 0.2) is 0 Å². The molecule has 0 unspecified atom stereocenters. The maximum atomic E-state index is 0. The summed E-state index contributed by atoms with van der Waals surface area (Å²) in [5.41, 5.74) is 0. The van der Waals surface area contributed by atoms with E-state index in [9.17, 15) is 0 Å². The van der Waals surface area contributed by atoms with Gasteiger partial charge in [0.2, 0.25) is 0 Å². The van der Waals surface area contributed by atoms with Gasteiger partial charge >= 0.3 is 0 Å². The summed E-state index contributed by atoms with van der Waals surface area (Å²) in [7, 11) is 0. The van der Waals surface area contributed by atoms with E-state index in [1.54, 1.807) is 0 Å². The van der Waals surface area contributed by atoms with Gasteiger partial charge in [-0.2, -0.15) is 0 Å². The predicted molar refractivity (Wildman–Crippen MR) is 0 cm³/mol. The second-order valence-corrected chi connectivity index (χ2v) is 0. The zero-order chi connectivity index (χ0) is 0. The van der Waals surface area contributed by atoms with Gasteiger partial charge in [-0.15, -0.1) is 0 Å². The molecule has 0 nitrogen and oxygen atoms in total. The Balaban J connectivity index is 0. The van der Waals surface area contributed by atoms with E-state index >= 15 is 0 Å². The van der Waals surface area contributed by atoms with Crippen molar-refractivity contribution in [3.05, 3.63) is 0 Å². The first-order valence-corrected chi connectivity index (χ1v) is 0. The molecule has 0 aliphatic carbocycles. The summed E-state index contributed by atoms with van der Waals surface area (Å²) < 4.78 is 0. The van der Waals surface area contributed by atoms with Crippen LogP contribution in [0.3, 0.4) is 0 Å². The van der Waals surface area contributed by atoms with Crippen LogP contribution in [-0.2, 0) is 408 Å².